The van der Waals surface area contributed by atoms with Crippen molar-refractivity contribution in [3.05, 3.63) is 59.9 Å². The summed E-state index contributed by atoms with van der Waals surface area (Å²) in [6.45, 7) is 4.77. The van der Waals surface area contributed by atoms with Crippen molar-refractivity contribution in [2.45, 2.75) is 38.4 Å². The van der Waals surface area contributed by atoms with Gasteiger partial charge in [-0.25, -0.2) is 4.39 Å². The third-order valence-electron chi connectivity index (χ3n) is 3.84. The second-order valence-corrected chi connectivity index (χ2v) is 6.21. The Labute approximate surface area is 130 Å². The van der Waals surface area contributed by atoms with E-state index < -0.39 is 11.2 Å². The van der Waals surface area contributed by atoms with E-state index >= 15 is 0 Å². The molecule has 3 nitrogen and oxygen atoms in total. The van der Waals surface area contributed by atoms with Crippen LogP contribution in [0.4, 0.5) is 4.39 Å². The molecule has 22 heavy (non-hydrogen) atoms. The van der Waals surface area contributed by atoms with E-state index in [0.29, 0.717) is 17.9 Å². The highest BCUT2D eigenvalue weighted by Gasteiger charge is 2.37. The van der Waals surface area contributed by atoms with Crippen molar-refractivity contribution < 1.29 is 19.3 Å². The zero-order valence-corrected chi connectivity index (χ0v) is 13.0. The van der Waals surface area contributed by atoms with Crippen LogP contribution >= 0.6 is 0 Å². The van der Waals surface area contributed by atoms with E-state index in [0.717, 1.165) is 5.56 Å². The summed E-state index contributed by atoms with van der Waals surface area (Å²) in [4.78, 5) is 0. The van der Waals surface area contributed by atoms with E-state index in [-0.39, 0.29) is 5.82 Å². The second kappa shape index (κ2) is 6.07. The number of ether oxygens (including phenoxy) is 1. The number of rotatable bonds is 5. The summed E-state index contributed by atoms with van der Waals surface area (Å²) in [6, 6.07) is 13.0. The second-order valence-electron chi connectivity index (χ2n) is 6.21. The van der Waals surface area contributed by atoms with E-state index in [1.54, 1.807) is 45.0 Å². The number of hydrogen-bond donors (Lipinski definition) is 2. The molecule has 0 aliphatic carbocycles. The van der Waals surface area contributed by atoms with Crippen molar-refractivity contribution in [1.29, 1.82) is 0 Å². The first-order chi connectivity index (χ1) is 10.2. The molecule has 0 aliphatic heterocycles. The highest BCUT2D eigenvalue weighted by Crippen LogP contribution is 2.27. The van der Waals surface area contributed by atoms with Crippen LogP contribution in [0.2, 0.25) is 0 Å². The van der Waals surface area contributed by atoms with Crippen LogP contribution < -0.4 is 4.74 Å². The first-order valence-electron chi connectivity index (χ1n) is 7.14. The first-order valence-corrected chi connectivity index (χ1v) is 7.14. The van der Waals surface area contributed by atoms with E-state index in [4.69, 9.17) is 4.74 Å². The smallest absolute Gasteiger partial charge is 0.127 e. The number of benzene rings is 2. The van der Waals surface area contributed by atoms with Crippen LogP contribution in [0.5, 0.6) is 11.5 Å². The fourth-order valence-electron chi connectivity index (χ4n) is 1.93. The van der Waals surface area contributed by atoms with Crippen molar-refractivity contribution in [2.75, 3.05) is 0 Å². The molecule has 0 amide bonds. The summed E-state index contributed by atoms with van der Waals surface area (Å²) in [5, 5.41) is 20.3. The lowest BCUT2D eigenvalue weighted by atomic mass is 9.82. The predicted octanol–water partition coefficient (Wildman–Crippen LogP) is 3.68. The Morgan fingerprint density at radius 2 is 1.32 bits per heavy atom. The van der Waals surface area contributed by atoms with Crippen molar-refractivity contribution in [3.63, 3.8) is 0 Å². The van der Waals surface area contributed by atoms with E-state index in [9.17, 15) is 14.6 Å². The average Bonchev–Trinajstić information content (AvgIpc) is 2.42. The molecule has 1 unspecified atom stereocenters. The first kappa shape index (κ1) is 16.5. The minimum absolute atomic E-state index is 0.309. The van der Waals surface area contributed by atoms with Crippen LogP contribution in [0, 0.1) is 5.82 Å². The summed E-state index contributed by atoms with van der Waals surface area (Å²) in [7, 11) is 0. The topological polar surface area (TPSA) is 49.7 Å². The molecule has 0 bridgehead atoms. The molecule has 0 spiro atoms. The molecule has 0 radical (unpaired) electrons. The molecule has 4 heteroatoms. The number of hydrogen-bond acceptors (Lipinski definition) is 3. The van der Waals surface area contributed by atoms with Crippen LogP contribution in [0.1, 0.15) is 26.3 Å². The van der Waals surface area contributed by atoms with Gasteiger partial charge in [0.25, 0.3) is 0 Å². The molecular weight excluding hydrogens is 283 g/mol. The lowest BCUT2D eigenvalue weighted by Gasteiger charge is -2.35. The Morgan fingerprint density at radius 1 is 0.864 bits per heavy atom. The summed E-state index contributed by atoms with van der Waals surface area (Å²) < 4.78 is 18.4. The van der Waals surface area contributed by atoms with Crippen LogP contribution in [0.15, 0.2) is 48.5 Å². The number of halogens is 1. The molecule has 1 atom stereocenters. The fourth-order valence-corrected chi connectivity index (χ4v) is 1.93. The van der Waals surface area contributed by atoms with Gasteiger partial charge in [0.1, 0.15) is 17.3 Å². The van der Waals surface area contributed by atoms with Gasteiger partial charge in [-0.15, -0.1) is 0 Å². The van der Waals surface area contributed by atoms with Gasteiger partial charge in [0.05, 0.1) is 11.2 Å². The molecule has 0 saturated carbocycles. The van der Waals surface area contributed by atoms with Crippen molar-refractivity contribution in [1.82, 2.24) is 0 Å². The normalized spacial score (nSPS) is 14.5. The molecule has 0 heterocycles. The highest BCUT2D eigenvalue weighted by atomic mass is 19.1. The van der Waals surface area contributed by atoms with E-state index in [1.807, 2.05) is 12.1 Å². The molecular formula is C18H21FO3. The lowest BCUT2D eigenvalue weighted by Crippen LogP contribution is -2.49. The molecule has 2 N–H and O–H groups in total. The van der Waals surface area contributed by atoms with Gasteiger partial charge in [-0.2, -0.15) is 0 Å². The molecule has 0 saturated heterocycles. The van der Waals surface area contributed by atoms with Crippen LogP contribution in [-0.4, -0.2) is 21.4 Å². The van der Waals surface area contributed by atoms with E-state index in [1.165, 1.54) is 12.1 Å². The molecule has 2 rings (SSSR count). The van der Waals surface area contributed by atoms with Gasteiger partial charge in [0, 0.05) is 6.42 Å². The summed E-state index contributed by atoms with van der Waals surface area (Å²) in [5.41, 5.74) is -1.54. The average molecular weight is 304 g/mol. The molecule has 0 aromatic heterocycles. The molecule has 2 aromatic rings. The quantitative estimate of drug-likeness (QED) is 0.886. The van der Waals surface area contributed by atoms with Gasteiger partial charge in [0.2, 0.25) is 0 Å². The van der Waals surface area contributed by atoms with Gasteiger partial charge >= 0.3 is 0 Å². The summed E-state index contributed by atoms with van der Waals surface area (Å²) >= 11 is 0. The Hall–Kier alpha value is -1.91. The van der Waals surface area contributed by atoms with Gasteiger partial charge in [-0.3, -0.25) is 0 Å². The molecule has 0 aliphatic rings. The van der Waals surface area contributed by atoms with Crippen molar-refractivity contribution >= 4 is 0 Å². The summed E-state index contributed by atoms with van der Waals surface area (Å²) in [5.74, 6) is 0.868. The molecule has 2 aromatic carbocycles. The SMILES string of the molecule is CC(C)(O)C(C)(O)Cc1ccc(Oc2ccc(F)cc2)cc1. The predicted molar refractivity (Wildman–Crippen MR) is 83.5 cm³/mol. The molecule has 0 fully saturated rings. The van der Waals surface area contributed by atoms with Crippen LogP contribution in [-0.2, 0) is 6.42 Å². The standard InChI is InChI=1S/C18H21FO3/c1-17(2,20)18(3,21)12-13-4-8-15(9-5-13)22-16-10-6-14(19)7-11-16/h4-11,20-21H,12H2,1-3H3. The Morgan fingerprint density at radius 3 is 1.77 bits per heavy atom. The number of aliphatic hydroxyl groups is 2. The highest BCUT2D eigenvalue weighted by molar-refractivity contribution is 5.33. The molecule has 118 valence electrons. The zero-order chi connectivity index (χ0) is 16.4. The maximum Gasteiger partial charge on any atom is 0.127 e. The minimum Gasteiger partial charge on any atom is -0.457 e. The third kappa shape index (κ3) is 4.06. The zero-order valence-electron chi connectivity index (χ0n) is 13.0. The monoisotopic (exact) mass is 304 g/mol. The maximum atomic E-state index is 12.8. The van der Waals surface area contributed by atoms with Crippen LogP contribution in [0.3, 0.4) is 0 Å². The largest absolute Gasteiger partial charge is 0.457 e. The van der Waals surface area contributed by atoms with Gasteiger partial charge in [0.15, 0.2) is 0 Å². The van der Waals surface area contributed by atoms with Crippen molar-refractivity contribution in [2.24, 2.45) is 0 Å². The van der Waals surface area contributed by atoms with E-state index in [2.05, 4.69) is 0 Å². The maximum absolute atomic E-state index is 12.8. The Kier molecular flexibility index (Phi) is 4.54. The van der Waals surface area contributed by atoms with Gasteiger partial charge in [-0.1, -0.05) is 12.1 Å². The summed E-state index contributed by atoms with van der Waals surface area (Å²) in [6.07, 6.45) is 0.327. The van der Waals surface area contributed by atoms with Crippen LogP contribution in [0.25, 0.3) is 0 Å². The fraction of sp³-hybridized carbons (Fsp3) is 0.333. The Bertz CT molecular complexity index is 610. The lowest BCUT2D eigenvalue weighted by molar-refractivity contribution is -0.118. The van der Waals surface area contributed by atoms with Gasteiger partial charge in [-0.05, 0) is 62.7 Å². The third-order valence-corrected chi connectivity index (χ3v) is 3.84. The minimum atomic E-state index is -1.23. The van der Waals surface area contributed by atoms with Gasteiger partial charge < -0.3 is 14.9 Å². The van der Waals surface area contributed by atoms with Crippen molar-refractivity contribution in [3.8, 4) is 11.5 Å². The Balaban J connectivity index is 2.06.